The summed E-state index contributed by atoms with van der Waals surface area (Å²) in [6.07, 6.45) is 2.93. The van der Waals surface area contributed by atoms with E-state index >= 15 is 0 Å². The van der Waals surface area contributed by atoms with Gasteiger partial charge in [0.25, 0.3) is 11.8 Å². The van der Waals surface area contributed by atoms with Gasteiger partial charge in [0, 0.05) is 11.6 Å². The van der Waals surface area contributed by atoms with Crippen LogP contribution < -0.4 is 10.6 Å². The number of rotatable bonds is 7. The summed E-state index contributed by atoms with van der Waals surface area (Å²) in [4.78, 5) is 30.5. The zero-order valence-electron chi connectivity index (χ0n) is 16.5. The average Bonchev–Trinajstić information content (AvgIpc) is 3.54. The van der Waals surface area contributed by atoms with Crippen molar-refractivity contribution < 1.29 is 18.5 Å². The predicted molar refractivity (Wildman–Crippen MR) is 115 cm³/mol. The number of nitrogens with zero attached hydrogens (tertiary/aromatic N) is 2. The van der Waals surface area contributed by atoms with Gasteiger partial charge in [0.15, 0.2) is 0 Å². The Hall–Kier alpha value is -3.98. The molecule has 2 N–H and O–H groups in total. The molecule has 0 spiro atoms. The maximum Gasteiger partial charge on any atom is 0.268 e. The van der Waals surface area contributed by atoms with E-state index < -0.39 is 11.8 Å². The zero-order valence-corrected chi connectivity index (χ0v) is 17.3. The molecule has 4 aromatic rings. The highest BCUT2D eigenvalue weighted by molar-refractivity contribution is 7.13. The van der Waals surface area contributed by atoms with Crippen LogP contribution in [0.15, 0.2) is 74.8 Å². The third-order valence-electron chi connectivity index (χ3n) is 4.25. The van der Waals surface area contributed by atoms with E-state index in [-0.39, 0.29) is 18.1 Å². The summed E-state index contributed by atoms with van der Waals surface area (Å²) in [6.45, 7) is 1.94. The number of aryl methyl sites for hydroxylation is 1. The van der Waals surface area contributed by atoms with Crippen LogP contribution in [0.2, 0.25) is 0 Å². The van der Waals surface area contributed by atoms with E-state index in [0.29, 0.717) is 17.1 Å². The van der Waals surface area contributed by atoms with Crippen LogP contribution >= 0.6 is 11.3 Å². The van der Waals surface area contributed by atoms with Gasteiger partial charge in [-0.1, -0.05) is 28.9 Å². The summed E-state index contributed by atoms with van der Waals surface area (Å²) in [6, 6.07) is 14.2. The lowest BCUT2D eigenvalue weighted by Gasteiger charge is -2.10. The van der Waals surface area contributed by atoms with Crippen molar-refractivity contribution in [2.24, 2.45) is 0 Å². The lowest BCUT2D eigenvalue weighted by Crippen LogP contribution is -2.34. The van der Waals surface area contributed by atoms with E-state index in [9.17, 15) is 9.59 Å². The molecule has 8 nitrogen and oxygen atoms in total. The van der Waals surface area contributed by atoms with Crippen LogP contribution in [0.25, 0.3) is 16.8 Å². The SMILES string of the molecule is Cc1ccc(C(=O)N/C(=C\c2ccco2)C(=O)NCc2nc(-c3cccs3)no2)cc1. The fourth-order valence-corrected chi connectivity index (χ4v) is 3.31. The van der Waals surface area contributed by atoms with E-state index in [0.717, 1.165) is 10.4 Å². The maximum absolute atomic E-state index is 12.8. The zero-order chi connectivity index (χ0) is 21.6. The number of carbonyl (C=O) groups excluding carboxylic acids is 2. The summed E-state index contributed by atoms with van der Waals surface area (Å²) in [5.74, 6) is 0.197. The smallest absolute Gasteiger partial charge is 0.268 e. The number of hydrogen-bond acceptors (Lipinski definition) is 7. The van der Waals surface area contributed by atoms with Crippen LogP contribution in [-0.4, -0.2) is 22.0 Å². The molecule has 156 valence electrons. The Bertz CT molecular complexity index is 1190. The second-order valence-corrected chi connectivity index (χ2v) is 7.51. The highest BCUT2D eigenvalue weighted by Crippen LogP contribution is 2.21. The fraction of sp³-hybridized carbons (Fsp3) is 0.0909. The third kappa shape index (κ3) is 5.14. The first-order valence-electron chi connectivity index (χ1n) is 9.36. The summed E-state index contributed by atoms with van der Waals surface area (Å²) in [7, 11) is 0. The molecule has 3 aromatic heterocycles. The number of carbonyl (C=O) groups is 2. The minimum atomic E-state index is -0.521. The van der Waals surface area contributed by atoms with Gasteiger partial charge in [-0.3, -0.25) is 9.59 Å². The molecule has 1 aromatic carbocycles. The molecule has 0 aliphatic rings. The summed E-state index contributed by atoms with van der Waals surface area (Å²) >= 11 is 1.49. The first-order chi connectivity index (χ1) is 15.1. The molecule has 9 heteroatoms. The Balaban J connectivity index is 1.46. The van der Waals surface area contributed by atoms with Crippen molar-refractivity contribution in [3.63, 3.8) is 0 Å². The van der Waals surface area contributed by atoms with Gasteiger partial charge in [0.05, 0.1) is 17.7 Å². The van der Waals surface area contributed by atoms with Crippen LogP contribution in [-0.2, 0) is 11.3 Å². The van der Waals surface area contributed by atoms with Crippen molar-refractivity contribution in [1.29, 1.82) is 0 Å². The molecule has 0 radical (unpaired) electrons. The second-order valence-electron chi connectivity index (χ2n) is 6.57. The molecule has 0 atom stereocenters. The number of hydrogen-bond donors (Lipinski definition) is 2. The van der Waals surface area contributed by atoms with Gasteiger partial charge in [-0.25, -0.2) is 0 Å². The second kappa shape index (κ2) is 9.23. The van der Waals surface area contributed by atoms with Crippen molar-refractivity contribution in [3.05, 3.63) is 88.6 Å². The summed E-state index contributed by atoms with van der Waals surface area (Å²) < 4.78 is 10.5. The van der Waals surface area contributed by atoms with Gasteiger partial charge in [-0.15, -0.1) is 11.3 Å². The van der Waals surface area contributed by atoms with E-state index in [1.54, 1.807) is 24.3 Å². The van der Waals surface area contributed by atoms with Crippen LogP contribution in [0, 0.1) is 6.92 Å². The minimum absolute atomic E-state index is 0.00705. The van der Waals surface area contributed by atoms with Crippen molar-refractivity contribution in [3.8, 4) is 10.7 Å². The maximum atomic E-state index is 12.8. The highest BCUT2D eigenvalue weighted by atomic mass is 32.1. The van der Waals surface area contributed by atoms with Gasteiger partial charge >= 0.3 is 0 Å². The third-order valence-corrected chi connectivity index (χ3v) is 5.11. The van der Waals surface area contributed by atoms with Crippen LogP contribution in [0.4, 0.5) is 0 Å². The first-order valence-corrected chi connectivity index (χ1v) is 10.2. The summed E-state index contributed by atoms with van der Waals surface area (Å²) in [5.41, 5.74) is 1.49. The quantitative estimate of drug-likeness (QED) is 0.428. The van der Waals surface area contributed by atoms with Crippen LogP contribution in [0.5, 0.6) is 0 Å². The number of amides is 2. The largest absolute Gasteiger partial charge is 0.465 e. The first kappa shape index (κ1) is 20.3. The molecule has 0 unspecified atom stereocenters. The predicted octanol–water partition coefficient (Wildman–Crippen LogP) is 3.79. The topological polar surface area (TPSA) is 110 Å². The van der Waals surface area contributed by atoms with Gasteiger partial charge in [-0.05, 0) is 42.6 Å². The molecule has 0 bridgehead atoms. The average molecular weight is 434 g/mol. The fourth-order valence-electron chi connectivity index (χ4n) is 2.66. The van der Waals surface area contributed by atoms with Gasteiger partial charge in [0.1, 0.15) is 11.5 Å². The number of benzene rings is 1. The molecular weight excluding hydrogens is 416 g/mol. The number of thiophene rings is 1. The molecule has 0 aliphatic heterocycles. The van der Waals surface area contributed by atoms with Crippen molar-refractivity contribution >= 4 is 29.2 Å². The Labute approximate surface area is 181 Å². The van der Waals surface area contributed by atoms with Crippen LogP contribution in [0.3, 0.4) is 0 Å². The molecule has 0 fully saturated rings. The standard InChI is InChI=1S/C22H18N4O4S/c1-14-6-8-15(9-7-14)21(27)24-17(12-16-4-2-10-29-16)22(28)23-13-19-25-20(26-30-19)18-5-3-11-31-18/h2-12H,13H2,1H3,(H,23,28)(H,24,27)/b17-12-. The molecule has 3 heterocycles. The van der Waals surface area contributed by atoms with E-state index in [4.69, 9.17) is 8.94 Å². The number of furan rings is 1. The number of aromatic nitrogens is 2. The highest BCUT2D eigenvalue weighted by Gasteiger charge is 2.17. The van der Waals surface area contributed by atoms with Crippen molar-refractivity contribution in [2.45, 2.75) is 13.5 Å². The Kier molecular flexibility index (Phi) is 6.04. The Morgan fingerprint density at radius 3 is 2.68 bits per heavy atom. The van der Waals surface area contributed by atoms with Gasteiger partial charge in [-0.2, -0.15) is 4.98 Å². The minimum Gasteiger partial charge on any atom is -0.465 e. The van der Waals surface area contributed by atoms with Crippen LogP contribution in [0.1, 0.15) is 27.6 Å². The van der Waals surface area contributed by atoms with E-state index in [1.807, 2.05) is 36.6 Å². The lowest BCUT2D eigenvalue weighted by molar-refractivity contribution is -0.118. The van der Waals surface area contributed by atoms with Crippen molar-refractivity contribution in [2.75, 3.05) is 0 Å². The van der Waals surface area contributed by atoms with Gasteiger partial charge in [0.2, 0.25) is 11.7 Å². The molecule has 0 saturated carbocycles. The summed E-state index contributed by atoms with van der Waals surface area (Å²) in [5, 5.41) is 11.1. The van der Waals surface area contributed by atoms with Gasteiger partial charge < -0.3 is 19.6 Å². The molecular formula is C22H18N4O4S. The molecule has 4 rings (SSSR count). The normalized spacial score (nSPS) is 11.3. The number of nitrogens with one attached hydrogen (secondary N) is 2. The van der Waals surface area contributed by atoms with E-state index in [2.05, 4.69) is 20.8 Å². The van der Waals surface area contributed by atoms with E-state index in [1.165, 1.54) is 23.7 Å². The molecule has 0 saturated heterocycles. The lowest BCUT2D eigenvalue weighted by atomic mass is 10.1. The van der Waals surface area contributed by atoms with Crippen molar-refractivity contribution in [1.82, 2.24) is 20.8 Å². The Morgan fingerprint density at radius 1 is 1.13 bits per heavy atom. The molecule has 2 amide bonds. The monoisotopic (exact) mass is 434 g/mol. The molecule has 0 aliphatic carbocycles. The Morgan fingerprint density at radius 2 is 1.97 bits per heavy atom. The molecule has 31 heavy (non-hydrogen) atoms.